The Labute approximate surface area is 110 Å². The predicted molar refractivity (Wildman–Crippen MR) is 74.9 cm³/mol. The second-order valence-electron chi connectivity index (χ2n) is 5.93. The topological polar surface area (TPSA) is 41.5 Å². The van der Waals surface area contributed by atoms with Crippen LogP contribution in [0.25, 0.3) is 0 Å². The van der Waals surface area contributed by atoms with Crippen molar-refractivity contribution in [3.63, 3.8) is 0 Å². The lowest BCUT2D eigenvalue weighted by Gasteiger charge is -2.27. The van der Waals surface area contributed by atoms with Gasteiger partial charge in [-0.2, -0.15) is 0 Å². The fraction of sp³-hybridized carbons (Fsp3) is 0.600. The van der Waals surface area contributed by atoms with E-state index in [4.69, 9.17) is 4.74 Å². The molecule has 3 heteroatoms. The first-order valence-electron chi connectivity index (χ1n) is 6.36. The molecule has 0 aliphatic heterocycles. The summed E-state index contributed by atoms with van der Waals surface area (Å²) in [5.74, 6) is 0.808. The van der Waals surface area contributed by atoms with Crippen LogP contribution in [-0.2, 0) is 5.60 Å². The number of hydrogen-bond acceptors (Lipinski definition) is 3. The van der Waals surface area contributed by atoms with Gasteiger partial charge in [-0.05, 0) is 58.4 Å². The molecule has 0 saturated carbocycles. The molecule has 0 aromatic heterocycles. The van der Waals surface area contributed by atoms with E-state index in [1.165, 1.54) is 0 Å². The van der Waals surface area contributed by atoms with Crippen molar-refractivity contribution >= 4 is 0 Å². The minimum atomic E-state index is -0.815. The fourth-order valence-corrected chi connectivity index (χ4v) is 1.78. The molecule has 0 aliphatic rings. The lowest BCUT2D eigenvalue weighted by atomic mass is 9.92. The van der Waals surface area contributed by atoms with Crippen molar-refractivity contribution in [3.8, 4) is 5.75 Å². The summed E-state index contributed by atoms with van der Waals surface area (Å²) in [5.41, 5.74) is 0.180. The molecule has 3 nitrogen and oxygen atoms in total. The van der Waals surface area contributed by atoms with Crippen molar-refractivity contribution < 1.29 is 9.84 Å². The predicted octanol–water partition coefficient (Wildman–Crippen LogP) is 2.68. The van der Waals surface area contributed by atoms with Crippen LogP contribution in [0, 0.1) is 0 Å². The monoisotopic (exact) mass is 251 g/mol. The summed E-state index contributed by atoms with van der Waals surface area (Å²) in [4.78, 5) is 0. The number of benzene rings is 1. The molecule has 0 spiro atoms. The molecule has 0 heterocycles. The zero-order chi connectivity index (χ0) is 13.8. The zero-order valence-electron chi connectivity index (χ0n) is 12.1. The minimum absolute atomic E-state index is 0.0794. The Morgan fingerprint density at radius 2 is 1.67 bits per heavy atom. The van der Waals surface area contributed by atoms with E-state index in [2.05, 4.69) is 26.1 Å². The first kappa shape index (κ1) is 15.0. The summed E-state index contributed by atoms with van der Waals surface area (Å²) in [7, 11) is 1.64. The Morgan fingerprint density at radius 1 is 1.11 bits per heavy atom. The quantitative estimate of drug-likeness (QED) is 0.845. The average molecular weight is 251 g/mol. The van der Waals surface area contributed by atoms with Gasteiger partial charge in [0.1, 0.15) is 5.75 Å². The Balaban J connectivity index is 2.61. The third-order valence-electron chi connectivity index (χ3n) is 2.98. The van der Waals surface area contributed by atoms with Crippen molar-refractivity contribution in [3.05, 3.63) is 29.8 Å². The van der Waals surface area contributed by atoms with Crippen LogP contribution in [0.4, 0.5) is 0 Å². The highest BCUT2D eigenvalue weighted by Gasteiger charge is 2.23. The highest BCUT2D eigenvalue weighted by atomic mass is 16.5. The molecule has 0 bridgehead atoms. The van der Waals surface area contributed by atoms with Crippen molar-refractivity contribution in [2.45, 2.75) is 45.3 Å². The van der Waals surface area contributed by atoms with Crippen LogP contribution in [0.2, 0.25) is 0 Å². The van der Waals surface area contributed by atoms with Crippen LogP contribution in [-0.4, -0.2) is 24.3 Å². The summed E-state index contributed by atoms with van der Waals surface area (Å²) in [6.45, 7) is 8.99. The fourth-order valence-electron chi connectivity index (χ4n) is 1.78. The van der Waals surface area contributed by atoms with Gasteiger partial charge in [0.15, 0.2) is 0 Å². The van der Waals surface area contributed by atoms with E-state index in [1.807, 2.05) is 31.2 Å². The normalized spacial score (nSPS) is 15.2. The van der Waals surface area contributed by atoms with Gasteiger partial charge in [-0.25, -0.2) is 0 Å². The highest BCUT2D eigenvalue weighted by molar-refractivity contribution is 5.30. The first-order chi connectivity index (χ1) is 8.24. The molecule has 1 atom stereocenters. The van der Waals surface area contributed by atoms with Crippen LogP contribution >= 0.6 is 0 Å². The van der Waals surface area contributed by atoms with Crippen molar-refractivity contribution in [2.75, 3.05) is 13.7 Å². The number of ether oxygens (including phenoxy) is 1. The van der Waals surface area contributed by atoms with Gasteiger partial charge >= 0.3 is 0 Å². The molecule has 2 N–H and O–H groups in total. The van der Waals surface area contributed by atoms with Crippen molar-refractivity contribution in [1.29, 1.82) is 0 Å². The van der Waals surface area contributed by atoms with E-state index in [1.54, 1.807) is 7.11 Å². The molecule has 1 unspecified atom stereocenters. The van der Waals surface area contributed by atoms with E-state index in [-0.39, 0.29) is 5.54 Å². The maximum absolute atomic E-state index is 10.5. The number of methoxy groups -OCH3 is 1. The van der Waals surface area contributed by atoms with Gasteiger partial charge in [0.2, 0.25) is 0 Å². The average Bonchev–Trinajstić information content (AvgIpc) is 2.27. The summed E-state index contributed by atoms with van der Waals surface area (Å²) in [6.07, 6.45) is 0.677. The summed E-state index contributed by atoms with van der Waals surface area (Å²) in [6, 6.07) is 7.58. The first-order valence-corrected chi connectivity index (χ1v) is 6.36. The zero-order valence-corrected chi connectivity index (χ0v) is 12.1. The van der Waals surface area contributed by atoms with Gasteiger partial charge in [-0.3, -0.25) is 0 Å². The second-order valence-corrected chi connectivity index (χ2v) is 5.93. The third kappa shape index (κ3) is 4.67. The van der Waals surface area contributed by atoms with Crippen LogP contribution in [0.15, 0.2) is 24.3 Å². The molecule has 0 radical (unpaired) electrons. The SMILES string of the molecule is COc1ccc(C(C)(O)CCNC(C)(C)C)cc1. The smallest absolute Gasteiger partial charge is 0.118 e. The number of nitrogens with one attached hydrogen (secondary N) is 1. The largest absolute Gasteiger partial charge is 0.497 e. The van der Waals surface area contributed by atoms with Gasteiger partial charge in [-0.1, -0.05) is 12.1 Å². The summed E-state index contributed by atoms with van der Waals surface area (Å²) < 4.78 is 5.11. The minimum Gasteiger partial charge on any atom is -0.497 e. The van der Waals surface area contributed by atoms with E-state index < -0.39 is 5.60 Å². The molecular weight excluding hydrogens is 226 g/mol. The number of hydrogen-bond donors (Lipinski definition) is 2. The second kappa shape index (κ2) is 5.72. The van der Waals surface area contributed by atoms with Crippen LogP contribution < -0.4 is 10.1 Å². The molecular formula is C15H25NO2. The number of aliphatic hydroxyl groups is 1. The molecule has 1 rings (SSSR count). The van der Waals surface area contributed by atoms with Gasteiger partial charge in [0.25, 0.3) is 0 Å². The van der Waals surface area contributed by atoms with E-state index in [0.29, 0.717) is 6.42 Å². The van der Waals surface area contributed by atoms with E-state index in [9.17, 15) is 5.11 Å². The highest BCUT2D eigenvalue weighted by Crippen LogP contribution is 2.26. The Bertz CT molecular complexity index is 363. The molecule has 0 amide bonds. The van der Waals surface area contributed by atoms with E-state index >= 15 is 0 Å². The molecule has 0 aliphatic carbocycles. The number of rotatable bonds is 5. The van der Waals surface area contributed by atoms with Gasteiger partial charge in [-0.15, -0.1) is 0 Å². The van der Waals surface area contributed by atoms with Crippen LogP contribution in [0.5, 0.6) is 5.75 Å². The molecule has 102 valence electrons. The molecule has 1 aromatic rings. The maximum atomic E-state index is 10.5. The molecule has 0 saturated heterocycles. The lowest BCUT2D eigenvalue weighted by Crippen LogP contribution is -2.39. The van der Waals surface area contributed by atoms with Gasteiger partial charge in [0.05, 0.1) is 12.7 Å². The maximum Gasteiger partial charge on any atom is 0.118 e. The Kier molecular flexibility index (Phi) is 4.77. The standard InChI is InChI=1S/C15H25NO2/c1-14(2,3)16-11-10-15(4,17)12-6-8-13(18-5)9-7-12/h6-9,16-17H,10-11H2,1-5H3. The van der Waals surface area contributed by atoms with Gasteiger partial charge in [0, 0.05) is 5.54 Å². The van der Waals surface area contributed by atoms with Crippen LogP contribution in [0.1, 0.15) is 39.7 Å². The van der Waals surface area contributed by atoms with Crippen molar-refractivity contribution in [2.24, 2.45) is 0 Å². The molecule has 1 aromatic carbocycles. The van der Waals surface area contributed by atoms with Crippen molar-refractivity contribution in [1.82, 2.24) is 5.32 Å². The summed E-state index contributed by atoms with van der Waals surface area (Å²) in [5, 5.41) is 13.9. The lowest BCUT2D eigenvalue weighted by molar-refractivity contribution is 0.0463. The van der Waals surface area contributed by atoms with Gasteiger partial charge < -0.3 is 15.2 Å². The Morgan fingerprint density at radius 3 is 2.11 bits per heavy atom. The molecule has 0 fully saturated rings. The van der Waals surface area contributed by atoms with Crippen LogP contribution in [0.3, 0.4) is 0 Å². The summed E-state index contributed by atoms with van der Waals surface area (Å²) >= 11 is 0. The van der Waals surface area contributed by atoms with E-state index in [0.717, 1.165) is 17.9 Å². The Hall–Kier alpha value is -1.06. The third-order valence-corrected chi connectivity index (χ3v) is 2.98. The molecule has 18 heavy (non-hydrogen) atoms.